The predicted molar refractivity (Wildman–Crippen MR) is 358 cm³/mol. The fraction of sp³-hybridized carbons (Fsp3) is 0.803. The summed E-state index contributed by atoms with van der Waals surface area (Å²) in [6, 6.07) is 0. The maximum Gasteiger partial charge on any atom is 0.306 e. The molecule has 476 valence electrons. The zero-order valence-electron chi connectivity index (χ0n) is 54.8. The molecular formula is C76H136O6. The van der Waals surface area contributed by atoms with Crippen LogP contribution in [0.25, 0.3) is 0 Å². The van der Waals surface area contributed by atoms with E-state index in [1.54, 1.807) is 0 Å². The van der Waals surface area contributed by atoms with Gasteiger partial charge in [0.15, 0.2) is 6.10 Å². The highest BCUT2D eigenvalue weighted by Gasteiger charge is 2.19. The van der Waals surface area contributed by atoms with Gasteiger partial charge < -0.3 is 14.2 Å². The monoisotopic (exact) mass is 1150 g/mol. The fourth-order valence-electron chi connectivity index (χ4n) is 10.5. The number of carbonyl (C=O) groups is 3. The molecule has 0 radical (unpaired) electrons. The fourth-order valence-corrected chi connectivity index (χ4v) is 10.5. The van der Waals surface area contributed by atoms with Gasteiger partial charge in [0.25, 0.3) is 0 Å². The summed E-state index contributed by atoms with van der Waals surface area (Å²) < 4.78 is 17.0. The van der Waals surface area contributed by atoms with Gasteiger partial charge in [0.05, 0.1) is 0 Å². The molecule has 6 nitrogen and oxygen atoms in total. The number of unbranched alkanes of at least 4 members (excludes halogenated alkanes) is 43. The summed E-state index contributed by atoms with van der Waals surface area (Å²) in [7, 11) is 0. The van der Waals surface area contributed by atoms with Crippen molar-refractivity contribution < 1.29 is 28.6 Å². The van der Waals surface area contributed by atoms with Crippen LogP contribution in [0.2, 0.25) is 0 Å². The molecule has 0 aromatic heterocycles. The van der Waals surface area contributed by atoms with Crippen LogP contribution in [0.1, 0.15) is 374 Å². The van der Waals surface area contributed by atoms with E-state index in [0.717, 1.165) is 96.3 Å². The number of allylic oxidation sites excluding steroid dienone is 12. The SMILES string of the molecule is CC/C=C\C/C=C\C/C=C\CCCCCCCCCC(=O)OC(COC(=O)CCCCCCC/C=C\CCCCCCCCC)COC(=O)CCCCCCCCCCCCCCCCCCCCC/C=C\C/C=C\CCCCCCC. The minimum absolute atomic E-state index is 0.0787. The number of hydrogen-bond acceptors (Lipinski definition) is 6. The van der Waals surface area contributed by atoms with Crippen molar-refractivity contribution in [3.63, 3.8) is 0 Å². The van der Waals surface area contributed by atoms with Crippen molar-refractivity contribution in [3.8, 4) is 0 Å². The second-order valence-corrected chi connectivity index (χ2v) is 24.1. The Morgan fingerprint density at radius 2 is 0.476 bits per heavy atom. The van der Waals surface area contributed by atoms with E-state index >= 15 is 0 Å². The lowest BCUT2D eigenvalue weighted by Gasteiger charge is -2.18. The first-order valence-electron chi connectivity index (χ1n) is 35.9. The van der Waals surface area contributed by atoms with Crippen molar-refractivity contribution in [3.05, 3.63) is 72.9 Å². The summed E-state index contributed by atoms with van der Waals surface area (Å²) in [5.74, 6) is -0.876. The highest BCUT2D eigenvalue weighted by Crippen LogP contribution is 2.18. The third-order valence-electron chi connectivity index (χ3n) is 15.9. The average Bonchev–Trinajstić information content (AvgIpc) is 3.47. The van der Waals surface area contributed by atoms with E-state index in [2.05, 4.69) is 93.7 Å². The Bertz CT molecular complexity index is 1500. The summed E-state index contributed by atoms with van der Waals surface area (Å²) in [6.07, 6.45) is 92.2. The number of esters is 3. The van der Waals surface area contributed by atoms with Crippen molar-refractivity contribution in [1.82, 2.24) is 0 Å². The zero-order chi connectivity index (χ0) is 59.2. The number of ether oxygens (including phenoxy) is 3. The normalized spacial score (nSPS) is 12.5. The third kappa shape index (κ3) is 67.6. The van der Waals surface area contributed by atoms with Gasteiger partial charge in [0.2, 0.25) is 0 Å². The van der Waals surface area contributed by atoms with Crippen LogP contribution in [0.15, 0.2) is 72.9 Å². The van der Waals surface area contributed by atoms with Gasteiger partial charge in [-0.1, -0.05) is 318 Å². The van der Waals surface area contributed by atoms with E-state index in [1.807, 2.05) is 0 Å². The lowest BCUT2D eigenvalue weighted by atomic mass is 10.0. The molecule has 0 saturated carbocycles. The van der Waals surface area contributed by atoms with Crippen molar-refractivity contribution in [2.75, 3.05) is 13.2 Å². The first-order valence-corrected chi connectivity index (χ1v) is 35.9. The molecule has 0 aliphatic carbocycles. The van der Waals surface area contributed by atoms with Gasteiger partial charge in [0, 0.05) is 19.3 Å². The number of carbonyl (C=O) groups excluding carboxylic acids is 3. The minimum Gasteiger partial charge on any atom is -0.462 e. The van der Waals surface area contributed by atoms with Crippen molar-refractivity contribution in [2.24, 2.45) is 0 Å². The summed E-state index contributed by atoms with van der Waals surface area (Å²) >= 11 is 0. The molecule has 6 heteroatoms. The zero-order valence-corrected chi connectivity index (χ0v) is 54.8. The van der Waals surface area contributed by atoms with E-state index in [4.69, 9.17) is 14.2 Å². The Labute approximate surface area is 510 Å². The van der Waals surface area contributed by atoms with Crippen LogP contribution < -0.4 is 0 Å². The molecule has 0 fully saturated rings. The van der Waals surface area contributed by atoms with Crippen LogP contribution in [0.5, 0.6) is 0 Å². The van der Waals surface area contributed by atoms with Gasteiger partial charge in [-0.25, -0.2) is 0 Å². The molecule has 1 unspecified atom stereocenters. The first kappa shape index (κ1) is 78.8. The van der Waals surface area contributed by atoms with Gasteiger partial charge in [-0.3, -0.25) is 14.4 Å². The van der Waals surface area contributed by atoms with Gasteiger partial charge in [0.1, 0.15) is 13.2 Å². The molecular weight excluding hydrogens is 1010 g/mol. The molecule has 0 bridgehead atoms. The molecule has 0 heterocycles. The van der Waals surface area contributed by atoms with Crippen LogP contribution in [0.3, 0.4) is 0 Å². The Morgan fingerprint density at radius 3 is 0.756 bits per heavy atom. The van der Waals surface area contributed by atoms with E-state index in [1.165, 1.54) is 238 Å². The molecule has 0 N–H and O–H groups in total. The van der Waals surface area contributed by atoms with Gasteiger partial charge >= 0.3 is 17.9 Å². The van der Waals surface area contributed by atoms with Crippen LogP contribution in [-0.4, -0.2) is 37.2 Å². The summed E-state index contributed by atoms with van der Waals surface area (Å²) in [4.78, 5) is 38.4. The van der Waals surface area contributed by atoms with Crippen molar-refractivity contribution >= 4 is 17.9 Å². The minimum atomic E-state index is -0.784. The predicted octanol–water partition coefficient (Wildman–Crippen LogP) is 24.8. The summed E-state index contributed by atoms with van der Waals surface area (Å²) in [5.41, 5.74) is 0. The Hall–Kier alpha value is -3.15. The standard InChI is InChI=1S/C76H136O6/c1-4-7-10-13-16-19-22-25-28-31-32-33-34-35-36-37-38-39-40-41-42-43-44-46-48-51-54-57-60-63-66-69-75(78)81-72-73(71-80-74(77)68-65-62-59-56-53-50-47-30-27-24-21-18-15-12-9-6-3)82-76(79)70-67-64-61-58-55-52-49-45-29-26-23-20-17-14-11-8-5-2/h8,11,17,20,22,25-26,29-32,47,73H,4-7,9-10,12-16,18-19,21,23-24,27-28,33-46,48-72H2,1-3H3/b11-8-,20-17-,25-22-,29-26-,32-31-,47-30-. The summed E-state index contributed by atoms with van der Waals surface area (Å²) in [5, 5.41) is 0. The molecule has 0 aromatic rings. The highest BCUT2D eigenvalue weighted by atomic mass is 16.6. The van der Waals surface area contributed by atoms with Crippen LogP contribution >= 0.6 is 0 Å². The largest absolute Gasteiger partial charge is 0.462 e. The van der Waals surface area contributed by atoms with Gasteiger partial charge in [-0.15, -0.1) is 0 Å². The third-order valence-corrected chi connectivity index (χ3v) is 15.9. The molecule has 0 aliphatic heterocycles. The topological polar surface area (TPSA) is 78.9 Å². The molecule has 0 aromatic carbocycles. The van der Waals surface area contributed by atoms with Crippen molar-refractivity contribution in [2.45, 2.75) is 380 Å². The Balaban J connectivity index is 4.22. The highest BCUT2D eigenvalue weighted by molar-refractivity contribution is 5.71. The average molecular weight is 1150 g/mol. The molecule has 0 saturated heterocycles. The molecule has 82 heavy (non-hydrogen) atoms. The quantitative estimate of drug-likeness (QED) is 0.0261. The molecule has 0 spiro atoms. The van der Waals surface area contributed by atoms with Crippen LogP contribution in [0.4, 0.5) is 0 Å². The van der Waals surface area contributed by atoms with Crippen LogP contribution in [0, 0.1) is 0 Å². The van der Waals surface area contributed by atoms with E-state index < -0.39 is 6.10 Å². The maximum atomic E-state index is 12.9. The van der Waals surface area contributed by atoms with Crippen LogP contribution in [-0.2, 0) is 28.6 Å². The first-order chi connectivity index (χ1) is 40.5. The smallest absolute Gasteiger partial charge is 0.306 e. The number of rotatable bonds is 66. The van der Waals surface area contributed by atoms with Gasteiger partial charge in [-0.05, 0) is 109 Å². The molecule has 0 aliphatic rings. The van der Waals surface area contributed by atoms with Gasteiger partial charge in [-0.2, -0.15) is 0 Å². The van der Waals surface area contributed by atoms with Crippen molar-refractivity contribution in [1.29, 1.82) is 0 Å². The second kappa shape index (κ2) is 70.3. The summed E-state index contributed by atoms with van der Waals surface area (Å²) in [6.45, 7) is 6.55. The molecule has 1 atom stereocenters. The van der Waals surface area contributed by atoms with E-state index in [9.17, 15) is 14.4 Å². The Morgan fingerprint density at radius 1 is 0.256 bits per heavy atom. The Kier molecular flexibility index (Phi) is 67.6. The second-order valence-electron chi connectivity index (χ2n) is 24.1. The number of hydrogen-bond donors (Lipinski definition) is 0. The lowest BCUT2D eigenvalue weighted by Crippen LogP contribution is -2.30. The maximum absolute atomic E-state index is 12.9. The van der Waals surface area contributed by atoms with E-state index in [0.29, 0.717) is 19.3 Å². The molecule has 0 rings (SSSR count). The molecule has 0 amide bonds. The lowest BCUT2D eigenvalue weighted by molar-refractivity contribution is -0.167. The van der Waals surface area contributed by atoms with E-state index in [-0.39, 0.29) is 31.1 Å².